The SMILES string of the molecule is NCCCCCCNCC(O)C(O)C(OC1OC(CO)C(OC2OC(CO)C(O)C(O)C2O)C(O)C1O)C(O)CO. The molecule has 0 saturated carbocycles. The fourth-order valence-corrected chi connectivity index (χ4v) is 4.66. The molecule has 2 aliphatic heterocycles. The summed E-state index contributed by atoms with van der Waals surface area (Å²) in [6.07, 6.45) is -20.2. The first-order valence-electron chi connectivity index (χ1n) is 13.8. The maximum atomic E-state index is 10.8. The highest BCUT2D eigenvalue weighted by atomic mass is 16.7. The van der Waals surface area contributed by atoms with Crippen molar-refractivity contribution < 1.29 is 75.1 Å². The van der Waals surface area contributed by atoms with Crippen LogP contribution in [-0.2, 0) is 18.9 Å². The average molecular weight is 605 g/mol. The molecule has 2 heterocycles. The van der Waals surface area contributed by atoms with Gasteiger partial charge in [-0.3, -0.25) is 0 Å². The van der Waals surface area contributed by atoms with E-state index in [-0.39, 0.29) is 6.54 Å². The smallest absolute Gasteiger partial charge is 0.187 e. The van der Waals surface area contributed by atoms with Gasteiger partial charge in [0.05, 0.1) is 25.9 Å². The Morgan fingerprint density at radius 3 is 1.93 bits per heavy atom. The number of aliphatic hydroxyl groups excluding tert-OH is 11. The van der Waals surface area contributed by atoms with E-state index in [9.17, 15) is 56.2 Å². The molecule has 244 valence electrons. The van der Waals surface area contributed by atoms with Crippen LogP contribution >= 0.6 is 0 Å². The summed E-state index contributed by atoms with van der Waals surface area (Å²) >= 11 is 0. The van der Waals surface area contributed by atoms with E-state index < -0.39 is 106 Å². The molecule has 41 heavy (non-hydrogen) atoms. The number of hydrogen-bond donors (Lipinski definition) is 13. The maximum absolute atomic E-state index is 10.8. The predicted octanol–water partition coefficient (Wildman–Crippen LogP) is -6.82. The molecule has 14 unspecified atom stereocenters. The largest absolute Gasteiger partial charge is 0.394 e. The fourth-order valence-electron chi connectivity index (χ4n) is 4.66. The van der Waals surface area contributed by atoms with Crippen molar-refractivity contribution in [3.8, 4) is 0 Å². The van der Waals surface area contributed by atoms with E-state index in [0.717, 1.165) is 25.7 Å². The maximum Gasteiger partial charge on any atom is 0.187 e. The average Bonchev–Trinajstić information content (AvgIpc) is 2.97. The summed E-state index contributed by atoms with van der Waals surface area (Å²) in [6, 6.07) is 0. The van der Waals surface area contributed by atoms with Crippen LogP contribution in [0.4, 0.5) is 0 Å². The fraction of sp³-hybridized carbons (Fsp3) is 1.00. The summed E-state index contributed by atoms with van der Waals surface area (Å²) in [5.41, 5.74) is 5.45. The van der Waals surface area contributed by atoms with E-state index in [2.05, 4.69) is 5.32 Å². The lowest BCUT2D eigenvalue weighted by Crippen LogP contribution is -2.65. The molecular formula is C24H48N2O15. The molecule has 0 aromatic heterocycles. The molecule has 0 aliphatic carbocycles. The van der Waals surface area contributed by atoms with Crippen LogP contribution in [0, 0.1) is 0 Å². The Bertz CT molecular complexity index is 710. The third kappa shape index (κ3) is 9.91. The highest BCUT2D eigenvalue weighted by molar-refractivity contribution is 4.95. The molecule has 0 amide bonds. The first-order valence-corrected chi connectivity index (χ1v) is 13.8. The second-order valence-corrected chi connectivity index (χ2v) is 10.3. The number of unbranched alkanes of at least 4 members (excludes halogenated alkanes) is 3. The van der Waals surface area contributed by atoms with Crippen molar-refractivity contribution in [1.29, 1.82) is 0 Å². The molecule has 0 bridgehead atoms. The minimum Gasteiger partial charge on any atom is -0.394 e. The quantitative estimate of drug-likeness (QED) is 0.0647. The zero-order valence-corrected chi connectivity index (χ0v) is 22.8. The second kappa shape index (κ2) is 18.2. The molecule has 0 aromatic rings. The van der Waals surface area contributed by atoms with Gasteiger partial charge >= 0.3 is 0 Å². The van der Waals surface area contributed by atoms with Gasteiger partial charge in [0.2, 0.25) is 0 Å². The van der Waals surface area contributed by atoms with Crippen molar-refractivity contribution in [3.05, 3.63) is 0 Å². The Morgan fingerprint density at radius 1 is 0.707 bits per heavy atom. The van der Waals surface area contributed by atoms with Gasteiger partial charge in [0, 0.05) is 6.54 Å². The van der Waals surface area contributed by atoms with Crippen molar-refractivity contribution in [2.45, 2.75) is 112 Å². The molecule has 2 aliphatic rings. The topological polar surface area (TPSA) is 298 Å². The molecule has 0 spiro atoms. The van der Waals surface area contributed by atoms with E-state index in [1.165, 1.54) is 0 Å². The van der Waals surface area contributed by atoms with Gasteiger partial charge in [0.1, 0.15) is 67.1 Å². The van der Waals surface area contributed by atoms with Crippen molar-refractivity contribution in [2.75, 3.05) is 39.5 Å². The van der Waals surface area contributed by atoms with Gasteiger partial charge in [-0.05, 0) is 25.9 Å². The third-order valence-electron chi connectivity index (χ3n) is 7.21. The van der Waals surface area contributed by atoms with Crippen LogP contribution in [0.25, 0.3) is 0 Å². The third-order valence-corrected chi connectivity index (χ3v) is 7.21. The second-order valence-electron chi connectivity index (χ2n) is 10.3. The van der Waals surface area contributed by atoms with Crippen LogP contribution in [-0.4, -0.2) is 181 Å². The molecule has 2 fully saturated rings. The number of aliphatic hydroxyl groups is 11. The lowest BCUT2D eigenvalue weighted by molar-refractivity contribution is -0.367. The van der Waals surface area contributed by atoms with E-state index in [4.69, 9.17) is 24.7 Å². The van der Waals surface area contributed by atoms with E-state index in [0.29, 0.717) is 13.1 Å². The van der Waals surface area contributed by atoms with Crippen LogP contribution in [0.5, 0.6) is 0 Å². The Morgan fingerprint density at radius 2 is 1.32 bits per heavy atom. The van der Waals surface area contributed by atoms with Gasteiger partial charge in [0.25, 0.3) is 0 Å². The van der Waals surface area contributed by atoms with Crippen molar-refractivity contribution >= 4 is 0 Å². The molecule has 17 nitrogen and oxygen atoms in total. The van der Waals surface area contributed by atoms with Gasteiger partial charge in [-0.2, -0.15) is 0 Å². The number of ether oxygens (including phenoxy) is 4. The molecule has 0 aromatic carbocycles. The minimum absolute atomic E-state index is 0.0962. The molecule has 14 N–H and O–H groups in total. The summed E-state index contributed by atoms with van der Waals surface area (Å²) in [6.45, 7) is -1.44. The first kappa shape index (κ1) is 36.5. The molecular weight excluding hydrogens is 556 g/mol. The zero-order chi connectivity index (χ0) is 30.7. The van der Waals surface area contributed by atoms with Crippen LogP contribution in [0.2, 0.25) is 0 Å². The van der Waals surface area contributed by atoms with Gasteiger partial charge in [-0.15, -0.1) is 0 Å². The van der Waals surface area contributed by atoms with Gasteiger partial charge < -0.3 is 86.2 Å². The molecule has 0 radical (unpaired) electrons. The summed E-state index contributed by atoms with van der Waals surface area (Å²) in [7, 11) is 0. The normalized spacial score (nSPS) is 37.5. The van der Waals surface area contributed by atoms with Crippen LogP contribution < -0.4 is 11.1 Å². The predicted molar refractivity (Wildman–Crippen MR) is 137 cm³/mol. The van der Waals surface area contributed by atoms with Crippen LogP contribution in [0.15, 0.2) is 0 Å². The highest BCUT2D eigenvalue weighted by Gasteiger charge is 2.51. The standard InChI is InChI=1S/C24H48N2O15/c25-5-3-1-2-4-6-26-7-11(30)15(32)21(12(31)8-27)40-24-20(37)18(35)22(14(10-29)39-24)41-23-19(36)17(34)16(33)13(9-28)38-23/h11-24,26-37H,1-10,25H2. The lowest BCUT2D eigenvalue weighted by Gasteiger charge is -2.46. The number of hydrogen-bond acceptors (Lipinski definition) is 17. The number of rotatable bonds is 18. The van der Waals surface area contributed by atoms with Gasteiger partial charge in [-0.1, -0.05) is 12.8 Å². The number of nitrogens with two attached hydrogens (primary N) is 1. The zero-order valence-electron chi connectivity index (χ0n) is 22.8. The summed E-state index contributed by atoms with van der Waals surface area (Å²) in [4.78, 5) is 0. The van der Waals surface area contributed by atoms with Crippen molar-refractivity contribution in [3.63, 3.8) is 0 Å². The minimum atomic E-state index is -1.95. The van der Waals surface area contributed by atoms with Crippen molar-refractivity contribution in [2.24, 2.45) is 5.73 Å². The Hall–Kier alpha value is -0.680. The summed E-state index contributed by atoms with van der Waals surface area (Å²) in [5.74, 6) is 0. The molecule has 2 rings (SSSR count). The van der Waals surface area contributed by atoms with E-state index >= 15 is 0 Å². The van der Waals surface area contributed by atoms with E-state index in [1.807, 2.05) is 0 Å². The molecule has 17 heteroatoms. The van der Waals surface area contributed by atoms with Crippen LogP contribution in [0.3, 0.4) is 0 Å². The Kier molecular flexibility index (Phi) is 16.2. The monoisotopic (exact) mass is 604 g/mol. The van der Waals surface area contributed by atoms with Gasteiger partial charge in [0.15, 0.2) is 12.6 Å². The first-order chi connectivity index (χ1) is 19.5. The van der Waals surface area contributed by atoms with Gasteiger partial charge in [-0.25, -0.2) is 0 Å². The summed E-state index contributed by atoms with van der Waals surface area (Å²) in [5, 5.41) is 115. The summed E-state index contributed by atoms with van der Waals surface area (Å²) < 4.78 is 21.7. The lowest BCUT2D eigenvalue weighted by atomic mass is 9.96. The number of nitrogens with one attached hydrogen (secondary N) is 1. The van der Waals surface area contributed by atoms with Crippen LogP contribution in [0.1, 0.15) is 25.7 Å². The molecule has 14 atom stereocenters. The molecule has 2 saturated heterocycles. The highest BCUT2D eigenvalue weighted by Crippen LogP contribution is 2.30. The van der Waals surface area contributed by atoms with Crippen molar-refractivity contribution in [1.82, 2.24) is 5.32 Å². The van der Waals surface area contributed by atoms with E-state index in [1.54, 1.807) is 0 Å². The Balaban J connectivity index is 2.03. The Labute approximate surface area is 237 Å².